The standard InChI is InChI=1S/C18H18BrCl2NO4S2/c1-25-16-9-18(16,22-28(23,24)13-5-3-2-4-6-13)10-27-11-26-17-14(20)7-12(19)8-15(17)21/h2-8,16,22H,9-11H2,1H3. The first-order valence-corrected chi connectivity index (χ1v) is 12.4. The summed E-state index contributed by atoms with van der Waals surface area (Å²) in [6.07, 6.45) is 0.417. The van der Waals surface area contributed by atoms with Crippen molar-refractivity contribution in [3.05, 3.63) is 57.0 Å². The van der Waals surface area contributed by atoms with Gasteiger partial charge in [-0.3, -0.25) is 0 Å². The minimum absolute atomic E-state index is 0.182. The van der Waals surface area contributed by atoms with Gasteiger partial charge in [0.05, 0.1) is 26.6 Å². The number of benzene rings is 2. The summed E-state index contributed by atoms with van der Waals surface area (Å²) in [4.78, 5) is 0.228. The van der Waals surface area contributed by atoms with Gasteiger partial charge in [-0.25, -0.2) is 13.1 Å². The van der Waals surface area contributed by atoms with Crippen molar-refractivity contribution in [3.63, 3.8) is 0 Å². The minimum atomic E-state index is -3.64. The Kier molecular flexibility index (Phi) is 7.23. The van der Waals surface area contributed by atoms with Gasteiger partial charge in [0.1, 0.15) is 5.94 Å². The summed E-state index contributed by atoms with van der Waals surface area (Å²) in [6.45, 7) is 0. The molecule has 1 N–H and O–H groups in total. The van der Waals surface area contributed by atoms with Crippen LogP contribution < -0.4 is 9.46 Å². The fraction of sp³-hybridized carbons (Fsp3) is 0.333. The monoisotopic (exact) mass is 525 g/mol. The van der Waals surface area contributed by atoms with Gasteiger partial charge in [0.25, 0.3) is 0 Å². The number of ether oxygens (including phenoxy) is 2. The molecule has 28 heavy (non-hydrogen) atoms. The van der Waals surface area contributed by atoms with Crippen LogP contribution in [0.4, 0.5) is 0 Å². The quantitative estimate of drug-likeness (QED) is 0.369. The van der Waals surface area contributed by atoms with Crippen LogP contribution >= 0.6 is 50.9 Å². The lowest BCUT2D eigenvalue weighted by Crippen LogP contribution is -2.42. The number of thioether (sulfide) groups is 1. The molecule has 0 radical (unpaired) electrons. The molecule has 1 saturated carbocycles. The van der Waals surface area contributed by atoms with E-state index in [0.29, 0.717) is 28.0 Å². The maximum absolute atomic E-state index is 12.7. The molecule has 10 heteroatoms. The van der Waals surface area contributed by atoms with Crippen LogP contribution in [-0.4, -0.2) is 38.9 Å². The molecule has 5 nitrogen and oxygen atoms in total. The highest BCUT2D eigenvalue weighted by molar-refractivity contribution is 9.10. The topological polar surface area (TPSA) is 64.6 Å². The minimum Gasteiger partial charge on any atom is -0.480 e. The second-order valence-electron chi connectivity index (χ2n) is 6.31. The molecule has 0 aromatic heterocycles. The average molecular weight is 527 g/mol. The molecule has 1 aliphatic rings. The largest absolute Gasteiger partial charge is 0.480 e. The van der Waals surface area contributed by atoms with E-state index in [1.807, 2.05) is 0 Å². The summed E-state index contributed by atoms with van der Waals surface area (Å²) in [7, 11) is -2.06. The molecule has 3 rings (SSSR count). The highest BCUT2D eigenvalue weighted by atomic mass is 79.9. The molecule has 1 fully saturated rings. The Morgan fingerprint density at radius 3 is 2.46 bits per heavy atom. The Morgan fingerprint density at radius 2 is 1.89 bits per heavy atom. The molecule has 2 aromatic rings. The molecule has 0 amide bonds. The van der Waals surface area contributed by atoms with E-state index >= 15 is 0 Å². The normalized spacial score (nSPS) is 21.5. The number of hydrogen-bond acceptors (Lipinski definition) is 5. The number of sulfonamides is 1. The summed E-state index contributed by atoms with van der Waals surface area (Å²) >= 11 is 17.1. The number of hydrogen-bond donors (Lipinski definition) is 1. The van der Waals surface area contributed by atoms with Crippen molar-refractivity contribution in [1.29, 1.82) is 0 Å². The van der Waals surface area contributed by atoms with E-state index in [9.17, 15) is 8.42 Å². The summed E-state index contributed by atoms with van der Waals surface area (Å²) in [6, 6.07) is 11.7. The molecule has 2 atom stereocenters. The molecule has 2 unspecified atom stereocenters. The lowest BCUT2D eigenvalue weighted by molar-refractivity contribution is 0.163. The zero-order chi connectivity index (χ0) is 20.4. The van der Waals surface area contributed by atoms with E-state index in [1.54, 1.807) is 49.6 Å². The lowest BCUT2D eigenvalue weighted by atomic mass is 10.3. The van der Waals surface area contributed by atoms with Crippen LogP contribution in [0.5, 0.6) is 5.75 Å². The van der Waals surface area contributed by atoms with Crippen molar-refractivity contribution in [2.45, 2.75) is 23.0 Å². The maximum atomic E-state index is 12.7. The van der Waals surface area contributed by atoms with E-state index in [1.165, 1.54) is 11.8 Å². The molecule has 0 spiro atoms. The first-order chi connectivity index (χ1) is 13.3. The van der Waals surface area contributed by atoms with Gasteiger partial charge in [0.2, 0.25) is 10.0 Å². The molecular weight excluding hydrogens is 509 g/mol. The third-order valence-corrected chi connectivity index (χ3v) is 7.88. The van der Waals surface area contributed by atoms with Crippen LogP contribution in [0.15, 0.2) is 51.8 Å². The molecular formula is C18H18BrCl2NO4S2. The van der Waals surface area contributed by atoms with Crippen molar-refractivity contribution >= 4 is 60.9 Å². The molecule has 1 aliphatic carbocycles. The van der Waals surface area contributed by atoms with E-state index in [-0.39, 0.29) is 16.9 Å². The molecule has 0 saturated heterocycles. The average Bonchev–Trinajstić information content (AvgIpc) is 3.33. The Hall–Kier alpha value is -0.480. The van der Waals surface area contributed by atoms with Crippen LogP contribution in [-0.2, 0) is 14.8 Å². The molecule has 152 valence electrons. The number of methoxy groups -OCH3 is 1. The first kappa shape index (κ1) is 22.2. The van der Waals surface area contributed by atoms with E-state index in [2.05, 4.69) is 20.7 Å². The van der Waals surface area contributed by atoms with Gasteiger partial charge in [-0.2, -0.15) is 0 Å². The molecule has 2 aromatic carbocycles. The maximum Gasteiger partial charge on any atom is 0.241 e. The zero-order valence-electron chi connectivity index (χ0n) is 14.8. The summed E-state index contributed by atoms with van der Waals surface area (Å²) in [5.74, 6) is 1.16. The summed E-state index contributed by atoms with van der Waals surface area (Å²) in [5.41, 5.74) is -0.662. The highest BCUT2D eigenvalue weighted by Crippen LogP contribution is 2.43. The third kappa shape index (κ3) is 5.16. The second kappa shape index (κ2) is 9.12. The summed E-state index contributed by atoms with van der Waals surface area (Å²) < 4.78 is 40.0. The van der Waals surface area contributed by atoms with E-state index in [4.69, 9.17) is 32.7 Å². The van der Waals surface area contributed by atoms with Crippen LogP contribution in [0, 0.1) is 0 Å². The molecule has 0 heterocycles. The fourth-order valence-electron chi connectivity index (χ4n) is 2.79. The van der Waals surface area contributed by atoms with Crippen molar-refractivity contribution in [2.75, 3.05) is 18.8 Å². The van der Waals surface area contributed by atoms with Gasteiger partial charge in [0.15, 0.2) is 5.75 Å². The fourth-order valence-corrected chi connectivity index (χ4v) is 6.68. The SMILES string of the molecule is COC1CC1(CSCOc1c(Cl)cc(Br)cc1Cl)NS(=O)(=O)c1ccccc1. The van der Waals surface area contributed by atoms with E-state index in [0.717, 1.165) is 4.47 Å². The first-order valence-electron chi connectivity index (χ1n) is 8.24. The van der Waals surface area contributed by atoms with Crippen molar-refractivity contribution in [1.82, 2.24) is 4.72 Å². The summed E-state index contributed by atoms with van der Waals surface area (Å²) in [5, 5.41) is 0.807. The third-order valence-electron chi connectivity index (χ3n) is 4.29. The van der Waals surface area contributed by atoms with Crippen LogP contribution in [0.1, 0.15) is 6.42 Å². The van der Waals surface area contributed by atoms with Gasteiger partial charge in [-0.1, -0.05) is 57.3 Å². The number of nitrogens with one attached hydrogen (secondary N) is 1. The Labute approximate surface area is 187 Å². The molecule has 0 bridgehead atoms. The van der Waals surface area contributed by atoms with Crippen molar-refractivity contribution < 1.29 is 17.9 Å². The van der Waals surface area contributed by atoms with Gasteiger partial charge in [-0.15, -0.1) is 11.8 Å². The smallest absolute Gasteiger partial charge is 0.241 e. The van der Waals surface area contributed by atoms with Crippen molar-refractivity contribution in [2.24, 2.45) is 0 Å². The zero-order valence-corrected chi connectivity index (χ0v) is 19.6. The lowest BCUT2D eigenvalue weighted by Gasteiger charge is -2.19. The number of rotatable bonds is 9. The predicted molar refractivity (Wildman–Crippen MR) is 117 cm³/mol. The van der Waals surface area contributed by atoms with Crippen LogP contribution in [0.25, 0.3) is 0 Å². The molecule has 0 aliphatic heterocycles. The van der Waals surface area contributed by atoms with Gasteiger partial charge in [-0.05, 0) is 30.7 Å². The van der Waals surface area contributed by atoms with Gasteiger partial charge < -0.3 is 9.47 Å². The Balaban J connectivity index is 1.62. The predicted octanol–water partition coefficient (Wildman–Crippen LogP) is 4.96. The van der Waals surface area contributed by atoms with Crippen LogP contribution in [0.2, 0.25) is 10.0 Å². The van der Waals surface area contributed by atoms with Gasteiger partial charge in [0, 0.05) is 17.3 Å². The van der Waals surface area contributed by atoms with Crippen molar-refractivity contribution in [3.8, 4) is 5.75 Å². The Morgan fingerprint density at radius 1 is 1.25 bits per heavy atom. The van der Waals surface area contributed by atoms with Gasteiger partial charge >= 0.3 is 0 Å². The Bertz CT molecular complexity index is 923. The second-order valence-corrected chi connectivity index (χ2v) is 10.7. The number of halogens is 3. The highest BCUT2D eigenvalue weighted by Gasteiger charge is 2.57. The van der Waals surface area contributed by atoms with Crippen LogP contribution in [0.3, 0.4) is 0 Å². The van der Waals surface area contributed by atoms with E-state index < -0.39 is 15.6 Å².